The van der Waals surface area contributed by atoms with Crippen LogP contribution in [0.5, 0.6) is 0 Å². The largest absolute Gasteiger partial charge is 0.372 e. The molecule has 8 aromatic carbocycles. The van der Waals surface area contributed by atoms with Crippen LogP contribution in [0.3, 0.4) is 0 Å². The molecule has 0 amide bonds. The van der Waals surface area contributed by atoms with Gasteiger partial charge in [-0.2, -0.15) is 0 Å². The molecule has 1 aliphatic rings. The average molecular weight is 961 g/mol. The molecule has 0 fully saturated rings. The molecule has 0 aliphatic carbocycles. The van der Waals surface area contributed by atoms with E-state index in [0.717, 1.165) is 89.0 Å². The quantitative estimate of drug-likeness (QED) is 0.149. The van der Waals surface area contributed by atoms with E-state index in [0.29, 0.717) is 106 Å². The summed E-state index contributed by atoms with van der Waals surface area (Å²) in [6, 6.07) is 67.3. The van der Waals surface area contributed by atoms with Crippen LogP contribution in [0.25, 0.3) is 0 Å². The molecule has 8 heteroatoms. The van der Waals surface area contributed by atoms with Crippen molar-refractivity contribution >= 4 is 0 Å². The van der Waals surface area contributed by atoms with Gasteiger partial charge in [0.2, 0.25) is 0 Å². The molecule has 8 aromatic rings. The van der Waals surface area contributed by atoms with Crippen molar-refractivity contribution in [3.8, 4) is 0 Å². The van der Waals surface area contributed by atoms with E-state index in [1.807, 2.05) is 0 Å². The molecule has 0 atom stereocenters. The molecule has 8 nitrogen and oxygen atoms in total. The van der Waals surface area contributed by atoms with Gasteiger partial charge in [0, 0.05) is 0 Å². The second-order valence-corrected chi connectivity index (χ2v) is 18.5. The van der Waals surface area contributed by atoms with Gasteiger partial charge in [0.25, 0.3) is 0 Å². The fourth-order valence-electron chi connectivity index (χ4n) is 8.77. The molecule has 0 saturated carbocycles. The van der Waals surface area contributed by atoms with E-state index < -0.39 is 0 Å². The Labute approximate surface area is 425 Å². The Hall–Kier alpha value is -6.56. The summed E-state index contributed by atoms with van der Waals surface area (Å²) in [5.41, 5.74) is 17.8. The number of hydrogen-bond acceptors (Lipinski definition) is 8. The lowest BCUT2D eigenvalue weighted by molar-refractivity contribution is 0.0994. The summed E-state index contributed by atoms with van der Waals surface area (Å²) in [7, 11) is 0. The van der Waals surface area contributed by atoms with Gasteiger partial charge in [-0.05, 0) is 89.0 Å². The predicted octanol–water partition coefficient (Wildman–Crippen LogP) is 13.7. The summed E-state index contributed by atoms with van der Waals surface area (Å²) in [6.07, 6.45) is 0. The molecule has 0 aromatic heterocycles. The van der Waals surface area contributed by atoms with Crippen molar-refractivity contribution in [1.29, 1.82) is 0 Å². The Balaban J connectivity index is 0.803. The summed E-state index contributed by atoms with van der Waals surface area (Å²) in [4.78, 5) is 0. The molecule has 0 radical (unpaired) electrons. The van der Waals surface area contributed by atoms with Crippen molar-refractivity contribution in [2.45, 2.75) is 106 Å². The zero-order chi connectivity index (χ0) is 48.8. The lowest BCUT2D eigenvalue weighted by Crippen LogP contribution is -2.00. The number of fused-ring (bicyclic) bond motifs is 16. The lowest BCUT2D eigenvalue weighted by atomic mass is 10.1. The first-order valence-corrected chi connectivity index (χ1v) is 24.8. The lowest BCUT2D eigenvalue weighted by Gasteiger charge is -2.11. The molecular weight excluding hydrogens is 897 g/mol. The van der Waals surface area contributed by atoms with Gasteiger partial charge in [-0.3, -0.25) is 0 Å². The summed E-state index contributed by atoms with van der Waals surface area (Å²) in [5.74, 6) is 0. The maximum absolute atomic E-state index is 6.18. The standard InChI is InChI=1S/C64H64O8/c1-9-49-25-50(10-1)34-66-36-52-12-3-14-54(27-52)38-68-40-56-16-5-18-58(29-56)42-70-44-60-20-7-22-62(31-60)46-72-48-64-24-8-23-63(32-64)47-71-45-61-21-6-19-59(30-61)43-69-41-57-17-4-15-55(28-57)39-67-37-53-13-2-11-51(26-53)35-65-33-49/h1-32H,33-48H2. The molecule has 0 saturated heterocycles. The van der Waals surface area contributed by atoms with E-state index in [9.17, 15) is 0 Å². The topological polar surface area (TPSA) is 73.8 Å². The maximum atomic E-state index is 6.18. The van der Waals surface area contributed by atoms with Crippen molar-refractivity contribution in [3.63, 3.8) is 0 Å². The number of hydrogen-bond donors (Lipinski definition) is 0. The molecule has 0 unspecified atom stereocenters. The third-order valence-electron chi connectivity index (χ3n) is 12.2. The molecule has 368 valence electrons. The minimum atomic E-state index is 0.511. The monoisotopic (exact) mass is 960 g/mol. The SMILES string of the molecule is c1cc2cc(c1)COCc1cccc(c1)COCc1cccc(c1)COCc1cccc(c1)COCc1cccc(c1)COCc1cccc(c1)COCc1cccc(c1)COCc1cccc(c1)COC2. The van der Waals surface area contributed by atoms with Crippen LogP contribution in [0.1, 0.15) is 89.0 Å². The zero-order valence-corrected chi connectivity index (χ0v) is 41.1. The van der Waals surface area contributed by atoms with Crippen LogP contribution in [0.2, 0.25) is 0 Å². The van der Waals surface area contributed by atoms with Crippen LogP contribution in [-0.2, 0) is 144 Å². The first-order chi connectivity index (χ1) is 35.6. The van der Waals surface area contributed by atoms with Crippen molar-refractivity contribution in [1.82, 2.24) is 0 Å². The van der Waals surface area contributed by atoms with Crippen molar-refractivity contribution in [2.75, 3.05) is 0 Å². The van der Waals surface area contributed by atoms with E-state index >= 15 is 0 Å². The molecule has 0 N–H and O–H groups in total. The maximum Gasteiger partial charge on any atom is 0.0721 e. The van der Waals surface area contributed by atoms with E-state index in [1.165, 1.54) is 0 Å². The Morgan fingerprint density at radius 3 is 0.306 bits per heavy atom. The summed E-state index contributed by atoms with van der Waals surface area (Å²) < 4.78 is 49.4. The average Bonchev–Trinajstić information content (AvgIpc) is 3.40. The fraction of sp³-hybridized carbons (Fsp3) is 0.250. The number of benzene rings is 8. The zero-order valence-electron chi connectivity index (χ0n) is 41.1. The van der Waals surface area contributed by atoms with E-state index in [1.54, 1.807) is 0 Å². The van der Waals surface area contributed by atoms with E-state index in [4.69, 9.17) is 37.9 Å². The second-order valence-electron chi connectivity index (χ2n) is 18.5. The Morgan fingerprint density at radius 1 is 0.139 bits per heavy atom. The van der Waals surface area contributed by atoms with Crippen LogP contribution in [0.15, 0.2) is 194 Å². The van der Waals surface area contributed by atoms with Crippen LogP contribution in [0.4, 0.5) is 0 Å². The highest BCUT2D eigenvalue weighted by molar-refractivity contribution is 5.29. The highest BCUT2D eigenvalue weighted by Gasteiger charge is 2.07. The molecule has 0 spiro atoms. The van der Waals surface area contributed by atoms with Gasteiger partial charge in [-0.15, -0.1) is 0 Å². The minimum absolute atomic E-state index is 0.511. The molecule has 72 heavy (non-hydrogen) atoms. The highest BCUT2D eigenvalue weighted by atomic mass is 16.5. The van der Waals surface area contributed by atoms with Gasteiger partial charge in [0.15, 0.2) is 0 Å². The van der Waals surface area contributed by atoms with Crippen molar-refractivity contribution < 1.29 is 37.9 Å². The second kappa shape index (κ2) is 27.3. The molecule has 16 bridgehead atoms. The highest BCUT2D eigenvalue weighted by Crippen LogP contribution is 2.19. The fourth-order valence-corrected chi connectivity index (χ4v) is 8.77. The minimum Gasteiger partial charge on any atom is -0.372 e. The first-order valence-electron chi connectivity index (χ1n) is 24.8. The van der Waals surface area contributed by atoms with Crippen LogP contribution < -0.4 is 0 Å². The molecular formula is C64H64O8. The number of rotatable bonds is 0. The van der Waals surface area contributed by atoms with Crippen LogP contribution >= 0.6 is 0 Å². The molecule has 1 aliphatic heterocycles. The van der Waals surface area contributed by atoms with Crippen LogP contribution in [0, 0.1) is 0 Å². The predicted molar refractivity (Wildman–Crippen MR) is 279 cm³/mol. The van der Waals surface area contributed by atoms with Crippen LogP contribution in [-0.4, -0.2) is 0 Å². The third-order valence-corrected chi connectivity index (χ3v) is 12.2. The molecule has 1 heterocycles. The molecule has 9 rings (SSSR count). The number of ether oxygens (including phenoxy) is 8. The summed E-state index contributed by atoms with van der Waals surface area (Å²) in [6.45, 7) is 8.18. The third kappa shape index (κ3) is 16.8. The van der Waals surface area contributed by atoms with Gasteiger partial charge in [-0.1, -0.05) is 194 Å². The normalized spacial score (nSPS) is 15.6. The van der Waals surface area contributed by atoms with Gasteiger partial charge >= 0.3 is 0 Å². The van der Waals surface area contributed by atoms with Gasteiger partial charge in [0.05, 0.1) is 106 Å². The Bertz CT molecular complexity index is 2180. The van der Waals surface area contributed by atoms with Gasteiger partial charge in [-0.25, -0.2) is 0 Å². The van der Waals surface area contributed by atoms with Gasteiger partial charge in [0.1, 0.15) is 0 Å². The Morgan fingerprint density at radius 2 is 0.222 bits per heavy atom. The summed E-state index contributed by atoms with van der Waals surface area (Å²) in [5, 5.41) is 0. The van der Waals surface area contributed by atoms with Gasteiger partial charge < -0.3 is 37.9 Å². The van der Waals surface area contributed by atoms with Crippen molar-refractivity contribution in [3.05, 3.63) is 283 Å². The van der Waals surface area contributed by atoms with E-state index in [2.05, 4.69) is 194 Å². The Kier molecular flexibility index (Phi) is 19.1. The smallest absolute Gasteiger partial charge is 0.0721 e. The van der Waals surface area contributed by atoms with E-state index in [-0.39, 0.29) is 0 Å². The first kappa shape index (κ1) is 50.4. The summed E-state index contributed by atoms with van der Waals surface area (Å²) >= 11 is 0. The van der Waals surface area contributed by atoms with Crippen molar-refractivity contribution in [2.24, 2.45) is 0 Å².